The van der Waals surface area contributed by atoms with Gasteiger partial charge in [0.25, 0.3) is 0 Å². The lowest BCUT2D eigenvalue weighted by molar-refractivity contribution is -0.256. The van der Waals surface area contributed by atoms with Gasteiger partial charge in [0, 0.05) is 37.7 Å². The predicted octanol–water partition coefficient (Wildman–Crippen LogP) is 10.2. The zero-order chi connectivity index (χ0) is 46.0. The number of rotatable bonds is 19. The largest absolute Gasteiger partial charge is 0.459 e. The summed E-state index contributed by atoms with van der Waals surface area (Å²) >= 11 is 0. The van der Waals surface area contributed by atoms with E-state index in [1.165, 1.54) is 0 Å². The van der Waals surface area contributed by atoms with Gasteiger partial charge in [-0.25, -0.2) is 9.59 Å². The van der Waals surface area contributed by atoms with E-state index in [-0.39, 0.29) is 57.1 Å². The third-order valence-corrected chi connectivity index (χ3v) is 12.7. The van der Waals surface area contributed by atoms with Crippen molar-refractivity contribution in [1.82, 2.24) is 10.2 Å². The van der Waals surface area contributed by atoms with E-state index < -0.39 is 35.5 Å². The van der Waals surface area contributed by atoms with Crippen LogP contribution >= 0.6 is 0 Å². The predicted molar refractivity (Wildman–Crippen MR) is 252 cm³/mol. The minimum Gasteiger partial charge on any atom is -0.459 e. The van der Waals surface area contributed by atoms with Crippen LogP contribution < -0.4 is 14.8 Å². The molecule has 4 aromatic carbocycles. The second kappa shape index (κ2) is 21.5. The lowest BCUT2D eigenvalue weighted by Gasteiger charge is -2.60. The first-order chi connectivity index (χ1) is 31.5. The number of carbonyl (C=O) groups is 2. The average Bonchev–Trinajstić information content (AvgIpc) is 3.30. The summed E-state index contributed by atoms with van der Waals surface area (Å²) in [6, 6.07) is 28.5. The van der Waals surface area contributed by atoms with Gasteiger partial charge < -0.3 is 39.3 Å². The Morgan fingerprint density at radius 1 is 0.954 bits per heavy atom. The highest BCUT2D eigenvalue weighted by Crippen LogP contribution is 2.62. The van der Waals surface area contributed by atoms with Crippen molar-refractivity contribution in [1.29, 1.82) is 0 Å². The standard InChI is InChI=1S/C53H65N3O9/c1-6-30-62-53-47(56(51(60)61-7-2)35-39-23-17-22-37-20-11-12-24-41(37)39)33-45(55-65-52(3,4)5)43-31-38(21-13-15-28-57)42(25-14-16-29-58)48(49(43)53)44-32-40(26-27-46(44)64-53)63-50(59)54-34-36-18-9-8-10-19-36/h6,8-12,17-20,22-24,26-27,31-32,38,42,47-49,57-58H,1,7,13-16,21,25,28-30,33-35H2,2-5H3,(H,54,59)/t38-,42+,47-,48+,49+,53+/m0/s1. The Bertz CT molecular complexity index is 2320. The van der Waals surface area contributed by atoms with Gasteiger partial charge in [0.05, 0.1) is 31.4 Å². The fourth-order valence-electron chi connectivity index (χ4n) is 9.94. The van der Waals surface area contributed by atoms with Crippen LogP contribution in [0.4, 0.5) is 9.59 Å². The Morgan fingerprint density at radius 3 is 2.43 bits per heavy atom. The summed E-state index contributed by atoms with van der Waals surface area (Å²) in [7, 11) is 0. The summed E-state index contributed by atoms with van der Waals surface area (Å²) < 4.78 is 26.4. The number of nitrogens with one attached hydrogen (secondary N) is 1. The maximum atomic E-state index is 14.7. The fourth-order valence-corrected chi connectivity index (χ4v) is 9.94. The van der Waals surface area contributed by atoms with Crippen LogP contribution in [-0.2, 0) is 27.4 Å². The van der Waals surface area contributed by atoms with E-state index in [4.69, 9.17) is 28.9 Å². The minimum absolute atomic E-state index is 0.0199. The van der Waals surface area contributed by atoms with E-state index in [1.54, 1.807) is 24.0 Å². The summed E-state index contributed by atoms with van der Waals surface area (Å²) in [5, 5.41) is 29.8. The van der Waals surface area contributed by atoms with E-state index in [0.29, 0.717) is 36.6 Å². The molecule has 0 spiro atoms. The van der Waals surface area contributed by atoms with Crippen LogP contribution in [0.25, 0.3) is 10.8 Å². The number of carbonyl (C=O) groups excluding carboxylic acids is 2. The molecular weight excluding hydrogens is 823 g/mol. The van der Waals surface area contributed by atoms with Crippen LogP contribution in [0.15, 0.2) is 120 Å². The molecule has 0 saturated heterocycles. The van der Waals surface area contributed by atoms with Gasteiger partial charge in [-0.1, -0.05) is 103 Å². The Balaban J connectivity index is 1.43. The van der Waals surface area contributed by atoms with Crippen molar-refractivity contribution < 1.29 is 43.6 Å². The third kappa shape index (κ3) is 10.9. The normalized spacial score (nSPS) is 22.8. The summed E-state index contributed by atoms with van der Waals surface area (Å²) in [6.07, 6.45) is 7.46. The molecule has 0 unspecified atom stereocenters. The topological polar surface area (TPSA) is 148 Å². The van der Waals surface area contributed by atoms with E-state index in [1.807, 2.05) is 87.5 Å². The summed E-state index contributed by atoms with van der Waals surface area (Å²) in [5.74, 6) is -1.50. The molecule has 65 heavy (non-hydrogen) atoms. The molecule has 0 bridgehead atoms. The first-order valence-electron chi connectivity index (χ1n) is 23.2. The van der Waals surface area contributed by atoms with Crippen molar-refractivity contribution in [3.63, 3.8) is 0 Å². The molecule has 0 aromatic heterocycles. The number of hydrogen-bond donors (Lipinski definition) is 3. The number of ether oxygens (including phenoxy) is 4. The number of unbranched alkanes of at least 4 members (excludes halogenated alkanes) is 2. The highest BCUT2D eigenvalue weighted by Gasteiger charge is 2.66. The molecule has 1 saturated carbocycles. The maximum absolute atomic E-state index is 14.7. The summed E-state index contributed by atoms with van der Waals surface area (Å²) in [5.41, 5.74) is 3.64. The molecule has 346 valence electrons. The number of nitrogens with zero attached hydrogens (tertiary/aromatic N) is 2. The number of aliphatic hydroxyl groups excluding tert-OH is 2. The summed E-state index contributed by atoms with van der Waals surface area (Å²) in [6.45, 7) is 12.6. The van der Waals surface area contributed by atoms with Gasteiger partial charge in [0.15, 0.2) is 0 Å². The molecule has 3 N–H and O–H groups in total. The zero-order valence-corrected chi connectivity index (χ0v) is 38.2. The van der Waals surface area contributed by atoms with Crippen LogP contribution in [0.5, 0.6) is 11.5 Å². The van der Waals surface area contributed by atoms with Gasteiger partial charge in [0.2, 0.25) is 5.79 Å². The van der Waals surface area contributed by atoms with Crippen molar-refractivity contribution in [3.05, 3.63) is 132 Å². The number of fused-ring (bicyclic) bond motifs is 3. The number of allylic oxidation sites excluding steroid dienone is 1. The van der Waals surface area contributed by atoms with Crippen molar-refractivity contribution in [2.75, 3.05) is 26.4 Å². The summed E-state index contributed by atoms with van der Waals surface area (Å²) in [4.78, 5) is 36.1. The van der Waals surface area contributed by atoms with Crippen LogP contribution in [0.2, 0.25) is 0 Å². The van der Waals surface area contributed by atoms with Gasteiger partial charge in [-0.3, -0.25) is 4.90 Å². The van der Waals surface area contributed by atoms with Crippen molar-refractivity contribution >= 4 is 28.7 Å². The molecule has 2 amide bonds. The third-order valence-electron chi connectivity index (χ3n) is 12.7. The average molecular weight is 888 g/mol. The first kappa shape index (κ1) is 47.3. The van der Waals surface area contributed by atoms with Crippen molar-refractivity contribution in [2.24, 2.45) is 22.9 Å². The van der Waals surface area contributed by atoms with Gasteiger partial charge in [-0.2, -0.15) is 0 Å². The SMILES string of the molecule is C=CCO[C@@]12Oc3ccc(OC(=O)NCc4ccccc4)cc3[C@H]3[C@H](CCCCO)[C@@H](CCCCO)C=C(C(=NOC(C)(C)C)C[C@@H]1N(Cc1cccc4ccccc14)C(=O)OCC)[C@H]32. The first-order valence-corrected chi connectivity index (χ1v) is 23.2. The molecule has 1 aliphatic heterocycles. The molecule has 0 radical (unpaired) electrons. The van der Waals surface area contributed by atoms with E-state index in [9.17, 15) is 19.8 Å². The smallest absolute Gasteiger partial charge is 0.412 e. The second-order valence-electron chi connectivity index (χ2n) is 18.2. The Morgan fingerprint density at radius 2 is 1.69 bits per heavy atom. The number of benzene rings is 4. The van der Waals surface area contributed by atoms with Crippen molar-refractivity contribution in [3.8, 4) is 11.5 Å². The lowest BCUT2D eigenvalue weighted by atomic mass is 9.55. The number of hydrogen-bond acceptors (Lipinski definition) is 10. The highest BCUT2D eigenvalue weighted by atomic mass is 16.7. The Hall–Kier alpha value is -5.69. The molecule has 12 nitrogen and oxygen atoms in total. The molecule has 1 heterocycles. The van der Waals surface area contributed by atoms with Gasteiger partial charge in [0.1, 0.15) is 23.1 Å². The monoisotopic (exact) mass is 887 g/mol. The molecule has 6 atom stereocenters. The number of aliphatic hydroxyl groups is 2. The molecule has 4 aromatic rings. The highest BCUT2D eigenvalue weighted by molar-refractivity contribution is 6.03. The van der Waals surface area contributed by atoms with Crippen molar-refractivity contribution in [2.45, 2.75) is 109 Å². The quantitative estimate of drug-likeness (QED) is 0.0475. The number of oxime groups is 1. The lowest BCUT2D eigenvalue weighted by Crippen LogP contribution is -2.70. The molecule has 12 heteroatoms. The Labute approximate surface area is 383 Å². The minimum atomic E-state index is -1.50. The maximum Gasteiger partial charge on any atom is 0.412 e. The fraction of sp³-hybridized carbons (Fsp3) is 0.453. The van der Waals surface area contributed by atoms with Crippen LogP contribution in [0, 0.1) is 17.8 Å². The van der Waals surface area contributed by atoms with Crippen LogP contribution in [0.3, 0.4) is 0 Å². The van der Waals surface area contributed by atoms with Crippen LogP contribution in [0.1, 0.15) is 95.2 Å². The molecular formula is C53H65N3O9. The van der Waals surface area contributed by atoms with E-state index in [2.05, 4.69) is 36.2 Å². The second-order valence-corrected chi connectivity index (χ2v) is 18.2. The Kier molecular flexibility index (Phi) is 15.7. The molecule has 2 aliphatic carbocycles. The molecule has 7 rings (SSSR count). The zero-order valence-electron chi connectivity index (χ0n) is 38.2. The van der Waals surface area contributed by atoms with Gasteiger partial charge >= 0.3 is 12.2 Å². The molecule has 1 fully saturated rings. The van der Waals surface area contributed by atoms with Crippen LogP contribution in [-0.4, -0.2) is 76.9 Å². The van der Waals surface area contributed by atoms with E-state index in [0.717, 1.165) is 58.7 Å². The van der Waals surface area contributed by atoms with E-state index >= 15 is 0 Å². The molecule has 3 aliphatic rings. The van der Waals surface area contributed by atoms with Gasteiger partial charge in [-0.15, -0.1) is 6.58 Å². The number of amides is 2. The van der Waals surface area contributed by atoms with Gasteiger partial charge in [-0.05, 0) is 111 Å².